The van der Waals surface area contributed by atoms with E-state index in [1.54, 1.807) is 24.3 Å². The quantitative estimate of drug-likeness (QED) is 0.588. The largest absolute Gasteiger partial charge is 0.345 e. The molecule has 1 aromatic carbocycles. The fourth-order valence-electron chi connectivity index (χ4n) is 1.81. The van der Waals surface area contributed by atoms with Gasteiger partial charge in [-0.1, -0.05) is 12.1 Å². The van der Waals surface area contributed by atoms with Crippen LogP contribution in [0, 0.1) is 5.82 Å². The van der Waals surface area contributed by atoms with E-state index in [0.29, 0.717) is 11.4 Å². The van der Waals surface area contributed by atoms with Crippen LogP contribution in [-0.2, 0) is 0 Å². The van der Waals surface area contributed by atoms with Crippen molar-refractivity contribution in [1.29, 1.82) is 0 Å². The number of carbonyl (C=O) groups excluding carboxylic acids is 1. The maximum Gasteiger partial charge on any atom is 0.255 e. The van der Waals surface area contributed by atoms with Crippen molar-refractivity contribution in [3.05, 3.63) is 59.5 Å². The zero-order valence-corrected chi connectivity index (χ0v) is 10.9. The van der Waals surface area contributed by atoms with Crippen molar-refractivity contribution in [1.82, 2.24) is 10.3 Å². The number of benzene rings is 1. The number of nitrogens with two attached hydrogens (primary N) is 1. The van der Waals surface area contributed by atoms with Crippen LogP contribution in [0.5, 0.6) is 0 Å². The summed E-state index contributed by atoms with van der Waals surface area (Å²) in [5.41, 5.74) is 3.54. The van der Waals surface area contributed by atoms with Gasteiger partial charge in [0.1, 0.15) is 5.82 Å². The molecule has 2 rings (SSSR count). The molecule has 1 aromatic heterocycles. The van der Waals surface area contributed by atoms with Crippen molar-refractivity contribution in [2.24, 2.45) is 5.84 Å². The van der Waals surface area contributed by atoms with Crippen LogP contribution in [-0.4, -0.2) is 10.9 Å². The number of nitrogens with zero attached hydrogens (tertiary/aromatic N) is 1. The van der Waals surface area contributed by atoms with Crippen molar-refractivity contribution < 1.29 is 9.18 Å². The van der Waals surface area contributed by atoms with E-state index in [0.717, 1.165) is 5.56 Å². The summed E-state index contributed by atoms with van der Waals surface area (Å²) in [6.07, 6.45) is 1.54. The molecule has 104 valence electrons. The van der Waals surface area contributed by atoms with Crippen LogP contribution in [0.2, 0.25) is 0 Å². The van der Waals surface area contributed by atoms with E-state index >= 15 is 0 Å². The van der Waals surface area contributed by atoms with E-state index in [1.165, 1.54) is 18.3 Å². The minimum atomic E-state index is -0.311. The standard InChI is InChI=1S/C14H15FN4O/c1-9(10-4-6-11(15)7-5-10)18-14(20)12-3-2-8-17-13(12)19-16/h2-9H,16H2,1H3,(H,17,19)(H,18,20). The van der Waals surface area contributed by atoms with Gasteiger partial charge in [-0.25, -0.2) is 15.2 Å². The molecule has 5 nitrogen and oxygen atoms in total. The summed E-state index contributed by atoms with van der Waals surface area (Å²) >= 11 is 0. The highest BCUT2D eigenvalue weighted by atomic mass is 19.1. The van der Waals surface area contributed by atoms with Gasteiger partial charge in [0.25, 0.3) is 5.91 Å². The van der Waals surface area contributed by atoms with Gasteiger partial charge < -0.3 is 10.7 Å². The van der Waals surface area contributed by atoms with Gasteiger partial charge in [-0.15, -0.1) is 0 Å². The number of nitrogen functional groups attached to an aromatic ring is 1. The maximum atomic E-state index is 12.9. The minimum Gasteiger partial charge on any atom is -0.345 e. The van der Waals surface area contributed by atoms with Gasteiger partial charge in [0.2, 0.25) is 0 Å². The molecular formula is C14H15FN4O. The molecule has 0 aliphatic carbocycles. The first kappa shape index (κ1) is 14.0. The molecule has 0 saturated carbocycles. The predicted molar refractivity (Wildman–Crippen MR) is 74.3 cm³/mol. The summed E-state index contributed by atoms with van der Waals surface area (Å²) in [6.45, 7) is 1.82. The summed E-state index contributed by atoms with van der Waals surface area (Å²) in [7, 11) is 0. The van der Waals surface area contributed by atoms with Crippen molar-refractivity contribution >= 4 is 11.7 Å². The minimum absolute atomic E-state index is 0.256. The monoisotopic (exact) mass is 274 g/mol. The Morgan fingerprint density at radius 3 is 2.65 bits per heavy atom. The molecule has 0 saturated heterocycles. The third kappa shape index (κ3) is 3.10. The van der Waals surface area contributed by atoms with Crippen LogP contribution in [0.4, 0.5) is 10.2 Å². The van der Waals surface area contributed by atoms with Gasteiger partial charge in [0, 0.05) is 6.20 Å². The molecule has 0 bridgehead atoms. The first-order chi connectivity index (χ1) is 9.61. The van der Waals surface area contributed by atoms with E-state index < -0.39 is 0 Å². The number of amides is 1. The number of aromatic nitrogens is 1. The van der Waals surface area contributed by atoms with Gasteiger partial charge in [0.15, 0.2) is 5.82 Å². The highest BCUT2D eigenvalue weighted by Gasteiger charge is 2.15. The number of rotatable bonds is 4. The second-order valence-corrected chi connectivity index (χ2v) is 4.29. The van der Waals surface area contributed by atoms with Gasteiger partial charge in [0.05, 0.1) is 11.6 Å². The molecule has 0 aliphatic rings. The van der Waals surface area contributed by atoms with E-state index in [9.17, 15) is 9.18 Å². The third-order valence-electron chi connectivity index (χ3n) is 2.91. The molecule has 0 radical (unpaired) electrons. The Kier molecular flexibility index (Phi) is 4.27. The Balaban J connectivity index is 2.13. The topological polar surface area (TPSA) is 80.0 Å². The van der Waals surface area contributed by atoms with Crippen molar-refractivity contribution in [2.75, 3.05) is 5.43 Å². The predicted octanol–water partition coefficient (Wildman–Crippen LogP) is 2.00. The average Bonchev–Trinajstić information content (AvgIpc) is 2.47. The van der Waals surface area contributed by atoms with Crippen LogP contribution in [0.25, 0.3) is 0 Å². The lowest BCUT2D eigenvalue weighted by Gasteiger charge is -2.15. The van der Waals surface area contributed by atoms with Gasteiger partial charge in [-0.05, 0) is 36.8 Å². The number of halogens is 1. The van der Waals surface area contributed by atoms with E-state index in [1.807, 2.05) is 6.92 Å². The SMILES string of the molecule is CC(NC(=O)c1cccnc1NN)c1ccc(F)cc1. The molecule has 0 aliphatic heterocycles. The lowest BCUT2D eigenvalue weighted by Crippen LogP contribution is -2.28. The average molecular weight is 274 g/mol. The summed E-state index contributed by atoms with van der Waals surface area (Å²) < 4.78 is 12.9. The van der Waals surface area contributed by atoms with Crippen LogP contribution in [0.3, 0.4) is 0 Å². The molecule has 1 atom stereocenters. The Bertz CT molecular complexity index is 600. The molecule has 0 fully saturated rings. The summed E-state index contributed by atoms with van der Waals surface area (Å²) in [6, 6.07) is 8.99. The van der Waals surface area contributed by atoms with Crippen LogP contribution in [0.1, 0.15) is 28.9 Å². The molecule has 6 heteroatoms. The zero-order valence-electron chi connectivity index (χ0n) is 10.9. The number of nitrogens with one attached hydrogen (secondary N) is 2. The van der Waals surface area contributed by atoms with Crippen molar-refractivity contribution in [2.45, 2.75) is 13.0 Å². The molecule has 1 unspecified atom stereocenters. The number of hydrazine groups is 1. The zero-order chi connectivity index (χ0) is 14.5. The Labute approximate surface area is 116 Å². The Hall–Kier alpha value is -2.47. The van der Waals surface area contributed by atoms with E-state index in [2.05, 4.69) is 15.7 Å². The third-order valence-corrected chi connectivity index (χ3v) is 2.91. The lowest BCUT2D eigenvalue weighted by atomic mass is 10.1. The Morgan fingerprint density at radius 1 is 1.30 bits per heavy atom. The molecule has 2 aromatic rings. The molecule has 1 amide bonds. The van der Waals surface area contributed by atoms with Crippen LogP contribution < -0.4 is 16.6 Å². The molecule has 4 N–H and O–H groups in total. The highest BCUT2D eigenvalue weighted by Crippen LogP contribution is 2.15. The number of pyridine rings is 1. The second-order valence-electron chi connectivity index (χ2n) is 4.29. The summed E-state index contributed by atoms with van der Waals surface area (Å²) in [5, 5.41) is 2.81. The summed E-state index contributed by atoms with van der Waals surface area (Å²) in [5.74, 6) is 5.00. The van der Waals surface area contributed by atoms with Crippen LogP contribution in [0.15, 0.2) is 42.6 Å². The molecule has 1 heterocycles. The first-order valence-electron chi connectivity index (χ1n) is 6.09. The maximum absolute atomic E-state index is 12.9. The first-order valence-corrected chi connectivity index (χ1v) is 6.09. The molecular weight excluding hydrogens is 259 g/mol. The van der Waals surface area contributed by atoms with E-state index in [4.69, 9.17) is 5.84 Å². The smallest absolute Gasteiger partial charge is 0.255 e. The molecule has 0 spiro atoms. The van der Waals surface area contributed by atoms with Crippen LogP contribution >= 0.6 is 0 Å². The highest BCUT2D eigenvalue weighted by molar-refractivity contribution is 5.98. The fourth-order valence-corrected chi connectivity index (χ4v) is 1.81. The lowest BCUT2D eigenvalue weighted by molar-refractivity contribution is 0.0940. The van der Waals surface area contributed by atoms with Crippen molar-refractivity contribution in [3.8, 4) is 0 Å². The van der Waals surface area contributed by atoms with Gasteiger partial charge in [-0.3, -0.25) is 4.79 Å². The van der Waals surface area contributed by atoms with Gasteiger partial charge >= 0.3 is 0 Å². The van der Waals surface area contributed by atoms with Gasteiger partial charge in [-0.2, -0.15) is 0 Å². The molecule has 20 heavy (non-hydrogen) atoms. The summed E-state index contributed by atoms with van der Waals surface area (Å²) in [4.78, 5) is 16.1. The Morgan fingerprint density at radius 2 is 2.00 bits per heavy atom. The normalized spacial score (nSPS) is 11.8. The number of carbonyl (C=O) groups is 1. The number of anilines is 1. The van der Waals surface area contributed by atoms with Crippen molar-refractivity contribution in [3.63, 3.8) is 0 Å². The fraction of sp³-hybridized carbons (Fsp3) is 0.143. The number of hydrogen-bond donors (Lipinski definition) is 3. The number of hydrogen-bond acceptors (Lipinski definition) is 4. The van der Waals surface area contributed by atoms with E-state index in [-0.39, 0.29) is 17.8 Å². The second kappa shape index (κ2) is 6.12.